The molecule has 1 atom stereocenters. The predicted molar refractivity (Wildman–Crippen MR) is 110 cm³/mol. The molecule has 2 aliphatic rings. The van der Waals surface area contributed by atoms with E-state index >= 15 is 0 Å². The Kier molecular flexibility index (Phi) is 7.08. The fraction of sp³-hybridized carbons (Fsp3) is 0.381. The van der Waals surface area contributed by atoms with E-state index in [9.17, 15) is 14.4 Å². The van der Waals surface area contributed by atoms with Crippen molar-refractivity contribution < 1.29 is 33.5 Å². The second-order valence-electron chi connectivity index (χ2n) is 7.57. The molecular weight excluding hydrogens is 420 g/mol. The van der Waals surface area contributed by atoms with Crippen LogP contribution in [0.2, 0.25) is 0 Å². The van der Waals surface area contributed by atoms with Crippen molar-refractivity contribution in [3.8, 4) is 5.75 Å². The molecule has 3 heterocycles. The number of ether oxygens (including phenoxy) is 1. The molecule has 170 valence electrons. The van der Waals surface area contributed by atoms with E-state index in [0.717, 1.165) is 5.56 Å². The van der Waals surface area contributed by atoms with Crippen molar-refractivity contribution in [2.75, 3.05) is 26.7 Å². The van der Waals surface area contributed by atoms with Gasteiger partial charge < -0.3 is 29.9 Å². The minimum absolute atomic E-state index is 0.176. The lowest BCUT2D eigenvalue weighted by Crippen LogP contribution is -2.66. The third kappa shape index (κ3) is 4.88. The average Bonchev–Trinajstić information content (AvgIpc) is 3.43. The zero-order valence-corrected chi connectivity index (χ0v) is 17.4. The Morgan fingerprint density at radius 2 is 2.16 bits per heavy atom. The Labute approximate surface area is 183 Å². The van der Waals surface area contributed by atoms with Crippen LogP contribution in [0.25, 0.3) is 0 Å². The lowest BCUT2D eigenvalue weighted by atomic mass is 9.73. The number of nitrogens with one attached hydrogen (secondary N) is 2. The smallest absolute Gasteiger partial charge is 0.290 e. The maximum absolute atomic E-state index is 13.2. The summed E-state index contributed by atoms with van der Waals surface area (Å²) in [5, 5.41) is 16.1. The number of hydrogen-bond donors (Lipinski definition) is 3. The number of carboxylic acid groups (broad SMARTS) is 1. The van der Waals surface area contributed by atoms with E-state index in [1.807, 2.05) is 24.3 Å². The van der Waals surface area contributed by atoms with Crippen molar-refractivity contribution in [1.29, 1.82) is 0 Å². The molecule has 4 rings (SSSR count). The van der Waals surface area contributed by atoms with Gasteiger partial charge in [0.25, 0.3) is 12.4 Å². The SMILES string of the molecule is COc1cccc(CC2(C(=O)NC3CCNC3=O)CN(C(=O)c3ccon3)C2)c1.O=CO. The average molecular weight is 444 g/mol. The first-order valence-electron chi connectivity index (χ1n) is 9.91. The Balaban J connectivity index is 0.000000913. The van der Waals surface area contributed by atoms with Gasteiger partial charge in [0.1, 0.15) is 18.1 Å². The van der Waals surface area contributed by atoms with Crippen LogP contribution in [0.5, 0.6) is 5.75 Å². The molecule has 3 amide bonds. The van der Waals surface area contributed by atoms with Gasteiger partial charge >= 0.3 is 0 Å². The summed E-state index contributed by atoms with van der Waals surface area (Å²) in [6, 6.07) is 8.45. The van der Waals surface area contributed by atoms with E-state index in [0.29, 0.717) is 25.1 Å². The molecule has 2 aliphatic heterocycles. The lowest BCUT2D eigenvalue weighted by molar-refractivity contribution is -0.141. The number of likely N-dealkylation sites (tertiary alicyclic amines) is 1. The molecule has 1 unspecified atom stereocenters. The molecule has 0 radical (unpaired) electrons. The molecule has 2 fully saturated rings. The van der Waals surface area contributed by atoms with Crippen LogP contribution in [0.4, 0.5) is 0 Å². The zero-order chi connectivity index (χ0) is 23.1. The number of benzene rings is 1. The first-order valence-corrected chi connectivity index (χ1v) is 9.91. The van der Waals surface area contributed by atoms with Crippen molar-refractivity contribution >= 4 is 24.2 Å². The number of rotatable bonds is 6. The molecule has 3 N–H and O–H groups in total. The van der Waals surface area contributed by atoms with E-state index in [4.69, 9.17) is 19.2 Å². The van der Waals surface area contributed by atoms with E-state index < -0.39 is 11.5 Å². The maximum atomic E-state index is 13.2. The van der Waals surface area contributed by atoms with Gasteiger partial charge in [-0.15, -0.1) is 0 Å². The van der Waals surface area contributed by atoms with Gasteiger partial charge in [-0.3, -0.25) is 19.2 Å². The number of nitrogens with zero attached hydrogens (tertiary/aromatic N) is 2. The highest BCUT2D eigenvalue weighted by molar-refractivity contribution is 5.96. The lowest BCUT2D eigenvalue weighted by Gasteiger charge is -2.49. The van der Waals surface area contributed by atoms with Crippen molar-refractivity contribution in [2.45, 2.75) is 18.9 Å². The summed E-state index contributed by atoms with van der Waals surface area (Å²) >= 11 is 0. The van der Waals surface area contributed by atoms with Crippen LogP contribution < -0.4 is 15.4 Å². The van der Waals surface area contributed by atoms with Gasteiger partial charge in [-0.1, -0.05) is 17.3 Å². The van der Waals surface area contributed by atoms with E-state index in [1.54, 1.807) is 12.0 Å². The fourth-order valence-electron chi connectivity index (χ4n) is 3.86. The quantitative estimate of drug-likeness (QED) is 0.530. The highest BCUT2D eigenvalue weighted by Gasteiger charge is 2.52. The monoisotopic (exact) mass is 444 g/mol. The molecule has 11 nitrogen and oxygen atoms in total. The van der Waals surface area contributed by atoms with Crippen molar-refractivity contribution in [3.05, 3.63) is 47.9 Å². The first kappa shape index (κ1) is 22.8. The topological polar surface area (TPSA) is 151 Å². The molecule has 32 heavy (non-hydrogen) atoms. The third-order valence-electron chi connectivity index (χ3n) is 5.44. The Morgan fingerprint density at radius 3 is 2.75 bits per heavy atom. The number of aromatic nitrogens is 1. The molecule has 2 aromatic rings. The van der Waals surface area contributed by atoms with Crippen LogP contribution in [-0.4, -0.2) is 72.1 Å². The minimum atomic E-state index is -0.825. The predicted octanol–water partition coefficient (Wildman–Crippen LogP) is 0.0736. The fourth-order valence-corrected chi connectivity index (χ4v) is 3.86. The molecular formula is C21H24N4O7. The van der Waals surface area contributed by atoms with Crippen LogP contribution in [0.3, 0.4) is 0 Å². The van der Waals surface area contributed by atoms with Crippen LogP contribution in [0.1, 0.15) is 22.5 Å². The Morgan fingerprint density at radius 1 is 1.41 bits per heavy atom. The molecule has 1 aromatic carbocycles. The number of hydrogen-bond acceptors (Lipinski definition) is 7. The number of amides is 3. The molecule has 0 spiro atoms. The summed E-state index contributed by atoms with van der Waals surface area (Å²) in [7, 11) is 1.59. The summed E-state index contributed by atoms with van der Waals surface area (Å²) in [5.74, 6) is 0.00538. The largest absolute Gasteiger partial charge is 0.497 e. The second kappa shape index (κ2) is 9.94. The van der Waals surface area contributed by atoms with Gasteiger partial charge in [-0.05, 0) is 30.5 Å². The first-order chi connectivity index (χ1) is 15.4. The van der Waals surface area contributed by atoms with Crippen molar-refractivity contribution in [2.24, 2.45) is 5.41 Å². The summed E-state index contributed by atoms with van der Waals surface area (Å²) in [4.78, 5) is 47.5. The van der Waals surface area contributed by atoms with Crippen LogP contribution in [-0.2, 0) is 20.8 Å². The van der Waals surface area contributed by atoms with Gasteiger partial charge in [0.05, 0.1) is 12.5 Å². The van der Waals surface area contributed by atoms with E-state index in [2.05, 4.69) is 15.8 Å². The van der Waals surface area contributed by atoms with Gasteiger partial charge in [-0.2, -0.15) is 0 Å². The van der Waals surface area contributed by atoms with E-state index in [-0.39, 0.29) is 43.0 Å². The number of carbonyl (C=O) groups is 4. The summed E-state index contributed by atoms with van der Waals surface area (Å²) in [5.41, 5.74) is 0.300. The van der Waals surface area contributed by atoms with Gasteiger partial charge in [0, 0.05) is 25.7 Å². The summed E-state index contributed by atoms with van der Waals surface area (Å²) < 4.78 is 10.0. The number of methoxy groups -OCH3 is 1. The molecule has 0 aliphatic carbocycles. The zero-order valence-electron chi connectivity index (χ0n) is 17.4. The molecule has 0 saturated carbocycles. The number of carbonyl (C=O) groups excluding carboxylic acids is 3. The van der Waals surface area contributed by atoms with Crippen LogP contribution in [0.15, 0.2) is 41.1 Å². The molecule has 2 saturated heterocycles. The Hall–Kier alpha value is -3.89. The Bertz CT molecular complexity index is 970. The minimum Gasteiger partial charge on any atom is -0.497 e. The van der Waals surface area contributed by atoms with Crippen LogP contribution >= 0.6 is 0 Å². The molecule has 1 aromatic heterocycles. The molecule has 11 heteroatoms. The summed E-state index contributed by atoms with van der Waals surface area (Å²) in [6.45, 7) is 0.760. The maximum Gasteiger partial charge on any atom is 0.290 e. The van der Waals surface area contributed by atoms with Gasteiger partial charge in [0.15, 0.2) is 5.69 Å². The van der Waals surface area contributed by atoms with E-state index in [1.165, 1.54) is 12.3 Å². The van der Waals surface area contributed by atoms with Crippen molar-refractivity contribution in [3.63, 3.8) is 0 Å². The van der Waals surface area contributed by atoms with Crippen molar-refractivity contribution in [1.82, 2.24) is 20.7 Å². The highest BCUT2D eigenvalue weighted by Crippen LogP contribution is 2.36. The van der Waals surface area contributed by atoms with Gasteiger partial charge in [-0.25, -0.2) is 0 Å². The third-order valence-corrected chi connectivity index (χ3v) is 5.44. The standard InChI is InChI=1S/C20H22N4O5.CH2O2/c1-28-14-4-2-3-13(9-14)10-20(19(27)22-15-5-7-21-17(15)25)11-24(12-20)18(26)16-6-8-29-23-16;2-1-3/h2-4,6,8-9,15H,5,7,10-12H2,1H3,(H,21,25)(H,22,27);1H,(H,2,3). The molecule has 0 bridgehead atoms. The highest BCUT2D eigenvalue weighted by atomic mass is 16.5. The normalized spacial score (nSPS) is 18.5. The van der Waals surface area contributed by atoms with Crippen LogP contribution in [0, 0.1) is 5.41 Å². The second-order valence-corrected chi connectivity index (χ2v) is 7.57. The summed E-state index contributed by atoms with van der Waals surface area (Å²) in [6.07, 6.45) is 2.32. The van der Waals surface area contributed by atoms with Gasteiger partial charge in [0.2, 0.25) is 11.8 Å².